The Hall–Kier alpha value is -0.930. The Labute approximate surface area is 109 Å². The zero-order valence-electron chi connectivity index (χ0n) is 9.24. The first-order valence-corrected chi connectivity index (χ1v) is 6.06. The quantitative estimate of drug-likeness (QED) is 0.913. The molecule has 0 bridgehead atoms. The standard InChI is InChI=1S/C12H12Cl2O3/c1-17-10-5-8(13)7(4-9(10)14)11(12(15)16)6-2-3-6/h4-6,11H,2-3H2,1H3,(H,15,16). The van der Waals surface area contributed by atoms with Crippen LogP contribution in [-0.4, -0.2) is 18.2 Å². The van der Waals surface area contributed by atoms with Crippen molar-refractivity contribution < 1.29 is 14.6 Å². The van der Waals surface area contributed by atoms with Crippen molar-refractivity contribution in [1.82, 2.24) is 0 Å². The van der Waals surface area contributed by atoms with E-state index in [2.05, 4.69) is 0 Å². The highest BCUT2D eigenvalue weighted by molar-refractivity contribution is 6.35. The molecule has 0 saturated heterocycles. The zero-order valence-corrected chi connectivity index (χ0v) is 10.8. The van der Waals surface area contributed by atoms with Crippen LogP contribution in [-0.2, 0) is 4.79 Å². The van der Waals surface area contributed by atoms with E-state index in [0.29, 0.717) is 21.4 Å². The molecule has 1 saturated carbocycles. The second-order valence-corrected chi connectivity index (χ2v) is 4.98. The van der Waals surface area contributed by atoms with Crippen molar-refractivity contribution in [2.75, 3.05) is 7.11 Å². The molecule has 3 nitrogen and oxygen atoms in total. The van der Waals surface area contributed by atoms with Crippen LogP contribution in [0, 0.1) is 5.92 Å². The zero-order chi connectivity index (χ0) is 12.6. The smallest absolute Gasteiger partial charge is 0.311 e. The number of carbonyl (C=O) groups is 1. The van der Waals surface area contributed by atoms with Crippen molar-refractivity contribution in [1.29, 1.82) is 0 Å². The van der Waals surface area contributed by atoms with Gasteiger partial charge in [0, 0.05) is 11.1 Å². The van der Waals surface area contributed by atoms with Gasteiger partial charge >= 0.3 is 5.97 Å². The van der Waals surface area contributed by atoms with Gasteiger partial charge in [-0.2, -0.15) is 0 Å². The minimum absolute atomic E-state index is 0.175. The molecule has 2 rings (SSSR count). The lowest BCUT2D eigenvalue weighted by Crippen LogP contribution is -2.14. The van der Waals surface area contributed by atoms with E-state index in [-0.39, 0.29) is 5.92 Å². The normalized spacial score (nSPS) is 16.6. The van der Waals surface area contributed by atoms with Gasteiger partial charge in [0.2, 0.25) is 0 Å². The highest BCUT2D eigenvalue weighted by atomic mass is 35.5. The maximum Gasteiger partial charge on any atom is 0.311 e. The van der Waals surface area contributed by atoms with Crippen LogP contribution in [0.1, 0.15) is 24.3 Å². The molecule has 0 radical (unpaired) electrons. The molecule has 0 amide bonds. The molecule has 1 N–H and O–H groups in total. The van der Waals surface area contributed by atoms with Crippen LogP contribution in [0.25, 0.3) is 0 Å². The van der Waals surface area contributed by atoms with E-state index in [4.69, 9.17) is 27.9 Å². The van der Waals surface area contributed by atoms with E-state index in [9.17, 15) is 9.90 Å². The van der Waals surface area contributed by atoms with Gasteiger partial charge in [-0.15, -0.1) is 0 Å². The summed E-state index contributed by atoms with van der Waals surface area (Å²) in [4.78, 5) is 11.3. The lowest BCUT2D eigenvalue weighted by molar-refractivity contribution is -0.139. The Kier molecular flexibility index (Phi) is 3.50. The molecule has 0 aliphatic heterocycles. The lowest BCUT2D eigenvalue weighted by atomic mass is 9.94. The molecule has 1 aliphatic rings. The third-order valence-electron chi connectivity index (χ3n) is 2.97. The fraction of sp³-hybridized carbons (Fsp3) is 0.417. The van der Waals surface area contributed by atoms with Gasteiger partial charge in [0.05, 0.1) is 18.1 Å². The molecule has 1 aromatic carbocycles. The van der Waals surface area contributed by atoms with Crippen molar-refractivity contribution in [2.24, 2.45) is 5.92 Å². The second-order valence-electron chi connectivity index (χ2n) is 4.16. The Morgan fingerprint density at radius 1 is 1.41 bits per heavy atom. The summed E-state index contributed by atoms with van der Waals surface area (Å²) in [5.74, 6) is -0.781. The number of hydrogen-bond acceptors (Lipinski definition) is 2. The summed E-state index contributed by atoms with van der Waals surface area (Å²) in [7, 11) is 1.49. The van der Waals surface area contributed by atoms with Gasteiger partial charge < -0.3 is 9.84 Å². The van der Waals surface area contributed by atoms with Gasteiger partial charge in [-0.25, -0.2) is 0 Å². The highest BCUT2D eigenvalue weighted by Crippen LogP contribution is 2.46. The summed E-state index contributed by atoms with van der Waals surface area (Å²) in [5, 5.41) is 10.0. The lowest BCUT2D eigenvalue weighted by Gasteiger charge is -2.15. The number of halogens is 2. The SMILES string of the molecule is COc1cc(Cl)c(C(C(=O)O)C2CC2)cc1Cl. The molecular formula is C12H12Cl2O3. The minimum Gasteiger partial charge on any atom is -0.495 e. The van der Waals surface area contributed by atoms with Crippen LogP contribution < -0.4 is 4.74 Å². The van der Waals surface area contributed by atoms with Crippen LogP contribution in [0.4, 0.5) is 0 Å². The fourth-order valence-corrected chi connectivity index (χ4v) is 2.48. The highest BCUT2D eigenvalue weighted by Gasteiger charge is 2.38. The van der Waals surface area contributed by atoms with E-state index < -0.39 is 11.9 Å². The molecule has 1 aliphatic carbocycles. The number of methoxy groups -OCH3 is 1. The van der Waals surface area contributed by atoms with Crippen molar-refractivity contribution in [3.8, 4) is 5.75 Å². The third-order valence-corrected chi connectivity index (χ3v) is 3.59. The summed E-state index contributed by atoms with van der Waals surface area (Å²) in [6.45, 7) is 0. The average molecular weight is 275 g/mol. The summed E-state index contributed by atoms with van der Waals surface area (Å²) in [6, 6.07) is 3.16. The van der Waals surface area contributed by atoms with E-state index in [0.717, 1.165) is 12.8 Å². The van der Waals surface area contributed by atoms with Gasteiger partial charge in [0.1, 0.15) is 5.75 Å². The first-order chi connectivity index (χ1) is 8.04. The second kappa shape index (κ2) is 4.75. The largest absolute Gasteiger partial charge is 0.495 e. The molecule has 92 valence electrons. The molecule has 0 spiro atoms. The number of rotatable bonds is 4. The summed E-state index contributed by atoms with van der Waals surface area (Å²) < 4.78 is 5.03. The Morgan fingerprint density at radius 3 is 2.53 bits per heavy atom. The predicted molar refractivity (Wildman–Crippen MR) is 66.1 cm³/mol. The summed E-state index contributed by atoms with van der Waals surface area (Å²) >= 11 is 12.1. The maximum absolute atomic E-state index is 11.3. The molecule has 0 aromatic heterocycles. The van der Waals surface area contributed by atoms with Gasteiger partial charge in [-0.05, 0) is 30.4 Å². The number of ether oxygens (including phenoxy) is 1. The van der Waals surface area contributed by atoms with Gasteiger partial charge in [-0.1, -0.05) is 23.2 Å². The van der Waals surface area contributed by atoms with E-state index in [1.54, 1.807) is 12.1 Å². The molecule has 0 heterocycles. The molecule has 5 heteroatoms. The molecule has 1 fully saturated rings. The number of benzene rings is 1. The fourth-order valence-electron chi connectivity index (χ4n) is 1.96. The van der Waals surface area contributed by atoms with Crippen molar-refractivity contribution in [3.63, 3.8) is 0 Å². The van der Waals surface area contributed by atoms with Crippen molar-refractivity contribution in [3.05, 3.63) is 27.7 Å². The molecule has 1 unspecified atom stereocenters. The van der Waals surface area contributed by atoms with Crippen molar-refractivity contribution >= 4 is 29.2 Å². The summed E-state index contributed by atoms with van der Waals surface area (Å²) in [5.41, 5.74) is 0.576. The van der Waals surface area contributed by atoms with E-state index in [1.165, 1.54) is 7.11 Å². The maximum atomic E-state index is 11.3. The number of hydrogen-bond donors (Lipinski definition) is 1. The van der Waals surface area contributed by atoms with Crippen LogP contribution in [0.2, 0.25) is 10.0 Å². The average Bonchev–Trinajstić information content (AvgIpc) is 3.06. The van der Waals surface area contributed by atoms with E-state index >= 15 is 0 Å². The monoisotopic (exact) mass is 274 g/mol. The topological polar surface area (TPSA) is 46.5 Å². The van der Waals surface area contributed by atoms with E-state index in [1.807, 2.05) is 0 Å². The van der Waals surface area contributed by atoms with Crippen LogP contribution in [0.15, 0.2) is 12.1 Å². The minimum atomic E-state index is -0.851. The predicted octanol–water partition coefficient (Wildman–Crippen LogP) is 3.58. The third kappa shape index (κ3) is 2.50. The molecule has 17 heavy (non-hydrogen) atoms. The number of aliphatic carboxylic acids is 1. The number of carboxylic acid groups (broad SMARTS) is 1. The number of carboxylic acids is 1. The molecule has 1 atom stereocenters. The van der Waals surface area contributed by atoms with Gasteiger partial charge in [0.15, 0.2) is 0 Å². The van der Waals surface area contributed by atoms with Gasteiger partial charge in [-0.3, -0.25) is 4.79 Å². The summed E-state index contributed by atoms with van der Waals surface area (Å²) in [6.07, 6.45) is 1.86. The Bertz CT molecular complexity index is 455. The van der Waals surface area contributed by atoms with Crippen LogP contribution in [0.5, 0.6) is 5.75 Å². The molecule has 1 aromatic rings. The van der Waals surface area contributed by atoms with Gasteiger partial charge in [0.25, 0.3) is 0 Å². The Morgan fingerprint density at radius 2 is 2.06 bits per heavy atom. The Balaban J connectivity index is 2.43. The van der Waals surface area contributed by atoms with Crippen molar-refractivity contribution in [2.45, 2.75) is 18.8 Å². The first kappa shape index (κ1) is 12.5. The van der Waals surface area contributed by atoms with Crippen LogP contribution >= 0.6 is 23.2 Å². The first-order valence-electron chi connectivity index (χ1n) is 5.30. The van der Waals surface area contributed by atoms with Crippen LogP contribution in [0.3, 0.4) is 0 Å². The molecular weight excluding hydrogens is 263 g/mol.